The first-order valence-electron chi connectivity index (χ1n) is 6.31. The van der Waals surface area contributed by atoms with Gasteiger partial charge < -0.3 is 20.6 Å². The molecule has 18 heavy (non-hydrogen) atoms. The predicted octanol–water partition coefficient (Wildman–Crippen LogP) is 0.786. The van der Waals surface area contributed by atoms with Crippen LogP contribution in [0.1, 0.15) is 33.1 Å². The Labute approximate surface area is 108 Å². The van der Waals surface area contributed by atoms with Crippen LogP contribution in [0.5, 0.6) is 0 Å². The summed E-state index contributed by atoms with van der Waals surface area (Å²) >= 11 is 0. The van der Waals surface area contributed by atoms with Gasteiger partial charge in [-0.15, -0.1) is 0 Å². The van der Waals surface area contributed by atoms with E-state index in [4.69, 9.17) is 15.7 Å². The molecule has 1 rings (SSSR count). The van der Waals surface area contributed by atoms with E-state index in [-0.39, 0.29) is 17.8 Å². The van der Waals surface area contributed by atoms with Gasteiger partial charge in [-0.2, -0.15) is 0 Å². The lowest BCUT2D eigenvalue weighted by Crippen LogP contribution is -2.57. The van der Waals surface area contributed by atoms with E-state index in [2.05, 4.69) is 5.16 Å². The number of carbonyl (C=O) groups excluding carboxylic acids is 1. The summed E-state index contributed by atoms with van der Waals surface area (Å²) in [7, 11) is 1.61. The van der Waals surface area contributed by atoms with E-state index in [1.54, 1.807) is 12.0 Å². The first-order valence-corrected chi connectivity index (χ1v) is 6.31. The first-order chi connectivity index (χ1) is 8.53. The van der Waals surface area contributed by atoms with Crippen LogP contribution >= 0.6 is 0 Å². The molecule has 6 heteroatoms. The molecule has 0 radical (unpaired) electrons. The second kappa shape index (κ2) is 6.04. The molecule has 0 aromatic carbocycles. The molecule has 3 N–H and O–H groups in total. The highest BCUT2D eigenvalue weighted by Crippen LogP contribution is 2.43. The minimum absolute atomic E-state index is 0.0172. The summed E-state index contributed by atoms with van der Waals surface area (Å²) in [6, 6.07) is -0.0172. The molecule has 104 valence electrons. The molecule has 1 aliphatic rings. The summed E-state index contributed by atoms with van der Waals surface area (Å²) in [4.78, 5) is 14.3. The molecule has 0 spiro atoms. The Hall–Kier alpha value is -1.30. The van der Waals surface area contributed by atoms with E-state index in [1.165, 1.54) is 0 Å². The highest BCUT2D eigenvalue weighted by atomic mass is 16.5. The molecule has 1 unspecified atom stereocenters. The van der Waals surface area contributed by atoms with Crippen molar-refractivity contribution in [1.29, 1.82) is 0 Å². The molecule has 6 nitrogen and oxygen atoms in total. The standard InChI is InChI=1S/C12H23N3O3/c1-4-15(9(2)8-18-3)11(16)12(6-5-7-12)10(13)14-17/h9,17H,4-8H2,1-3H3,(H2,13,14). The van der Waals surface area contributed by atoms with Crippen LogP contribution in [0.4, 0.5) is 0 Å². The second-order valence-electron chi connectivity index (χ2n) is 4.82. The molecule has 1 amide bonds. The van der Waals surface area contributed by atoms with Crippen molar-refractivity contribution in [1.82, 2.24) is 4.90 Å². The van der Waals surface area contributed by atoms with Crippen molar-refractivity contribution in [3.63, 3.8) is 0 Å². The Morgan fingerprint density at radius 1 is 1.61 bits per heavy atom. The number of hydrogen-bond donors (Lipinski definition) is 2. The first kappa shape index (κ1) is 14.8. The van der Waals surface area contributed by atoms with Gasteiger partial charge in [0.1, 0.15) is 5.41 Å². The Balaban J connectivity index is 2.89. The lowest BCUT2D eigenvalue weighted by Gasteiger charge is -2.43. The van der Waals surface area contributed by atoms with Gasteiger partial charge in [-0.3, -0.25) is 4.79 Å². The van der Waals surface area contributed by atoms with Gasteiger partial charge in [0.15, 0.2) is 5.84 Å². The molecule has 0 saturated heterocycles. The van der Waals surface area contributed by atoms with Crippen molar-refractivity contribution >= 4 is 11.7 Å². The number of amidine groups is 1. The molecule has 0 aromatic rings. The van der Waals surface area contributed by atoms with Gasteiger partial charge in [0.05, 0.1) is 12.6 Å². The molecule has 0 bridgehead atoms. The van der Waals surface area contributed by atoms with Crippen molar-refractivity contribution < 1.29 is 14.7 Å². The van der Waals surface area contributed by atoms with Gasteiger partial charge in [0.25, 0.3) is 0 Å². The van der Waals surface area contributed by atoms with Gasteiger partial charge in [-0.05, 0) is 26.7 Å². The van der Waals surface area contributed by atoms with Gasteiger partial charge >= 0.3 is 0 Å². The third-order valence-electron chi connectivity index (χ3n) is 3.76. The molecule has 1 saturated carbocycles. The zero-order valence-corrected chi connectivity index (χ0v) is 11.3. The largest absolute Gasteiger partial charge is 0.409 e. The van der Waals surface area contributed by atoms with Crippen LogP contribution < -0.4 is 5.73 Å². The number of likely N-dealkylation sites (N-methyl/N-ethyl adjacent to an activating group) is 1. The normalized spacial score (nSPS) is 20.1. The van der Waals surface area contributed by atoms with Gasteiger partial charge in [-0.25, -0.2) is 0 Å². The zero-order valence-electron chi connectivity index (χ0n) is 11.3. The van der Waals surface area contributed by atoms with E-state index >= 15 is 0 Å². The average Bonchev–Trinajstić information content (AvgIpc) is 2.28. The van der Waals surface area contributed by atoms with Crippen molar-refractivity contribution in [2.75, 3.05) is 20.3 Å². The number of ether oxygens (including phenoxy) is 1. The Kier molecular flexibility index (Phi) is 4.95. The Morgan fingerprint density at radius 3 is 2.56 bits per heavy atom. The van der Waals surface area contributed by atoms with Crippen LogP contribution in [0, 0.1) is 5.41 Å². The third-order valence-corrected chi connectivity index (χ3v) is 3.76. The predicted molar refractivity (Wildman–Crippen MR) is 68.4 cm³/mol. The molecule has 1 atom stereocenters. The number of carbonyl (C=O) groups is 1. The molecule has 0 aliphatic heterocycles. The molecular weight excluding hydrogens is 234 g/mol. The minimum atomic E-state index is -0.799. The SMILES string of the molecule is CCN(C(=O)C1(C(N)=NO)CCC1)C(C)COC. The maximum atomic E-state index is 12.6. The number of hydrogen-bond acceptors (Lipinski definition) is 4. The number of methoxy groups -OCH3 is 1. The summed E-state index contributed by atoms with van der Waals surface area (Å²) in [5.41, 5.74) is 4.90. The number of nitrogens with zero attached hydrogens (tertiary/aromatic N) is 2. The van der Waals surface area contributed by atoms with Crippen LogP contribution in [0.25, 0.3) is 0 Å². The van der Waals surface area contributed by atoms with Crippen molar-refractivity contribution in [2.45, 2.75) is 39.2 Å². The highest BCUT2D eigenvalue weighted by molar-refractivity contribution is 6.07. The topological polar surface area (TPSA) is 88.2 Å². The maximum Gasteiger partial charge on any atom is 0.236 e. The minimum Gasteiger partial charge on any atom is -0.409 e. The van der Waals surface area contributed by atoms with Gasteiger partial charge in [-0.1, -0.05) is 11.6 Å². The molecule has 1 aliphatic carbocycles. The molecule has 0 heterocycles. The van der Waals surface area contributed by atoms with Crippen molar-refractivity contribution in [3.05, 3.63) is 0 Å². The Morgan fingerprint density at radius 2 is 2.22 bits per heavy atom. The number of nitrogens with two attached hydrogens (primary N) is 1. The lowest BCUT2D eigenvalue weighted by molar-refractivity contribution is -0.145. The van der Waals surface area contributed by atoms with Crippen LogP contribution in [0.3, 0.4) is 0 Å². The monoisotopic (exact) mass is 257 g/mol. The fourth-order valence-corrected chi connectivity index (χ4v) is 2.47. The summed E-state index contributed by atoms with van der Waals surface area (Å²) < 4.78 is 5.08. The fraction of sp³-hybridized carbons (Fsp3) is 0.833. The number of rotatable bonds is 6. The summed E-state index contributed by atoms with van der Waals surface area (Å²) in [5.74, 6) is -0.0297. The van der Waals surface area contributed by atoms with Gasteiger partial charge in [0, 0.05) is 13.7 Å². The fourth-order valence-electron chi connectivity index (χ4n) is 2.47. The van der Waals surface area contributed by atoms with Crippen LogP contribution in [-0.2, 0) is 9.53 Å². The molecular formula is C12H23N3O3. The number of oxime groups is 1. The highest BCUT2D eigenvalue weighted by Gasteiger charge is 2.50. The van der Waals surface area contributed by atoms with E-state index in [9.17, 15) is 4.79 Å². The summed E-state index contributed by atoms with van der Waals surface area (Å²) in [6.07, 6.45) is 2.23. The summed E-state index contributed by atoms with van der Waals surface area (Å²) in [6.45, 7) is 4.92. The van der Waals surface area contributed by atoms with Crippen LogP contribution in [0.2, 0.25) is 0 Å². The molecule has 0 aromatic heterocycles. The quantitative estimate of drug-likeness (QED) is 0.318. The van der Waals surface area contributed by atoms with Gasteiger partial charge in [0.2, 0.25) is 5.91 Å². The van der Waals surface area contributed by atoms with E-state index < -0.39 is 5.41 Å². The Bertz CT molecular complexity index is 327. The summed E-state index contributed by atoms with van der Waals surface area (Å²) in [5, 5.41) is 11.9. The van der Waals surface area contributed by atoms with Crippen LogP contribution in [-0.4, -0.2) is 48.2 Å². The zero-order chi connectivity index (χ0) is 13.8. The van der Waals surface area contributed by atoms with E-state index in [0.717, 1.165) is 6.42 Å². The number of amides is 1. The lowest BCUT2D eigenvalue weighted by atomic mass is 9.66. The average molecular weight is 257 g/mol. The van der Waals surface area contributed by atoms with E-state index in [0.29, 0.717) is 26.0 Å². The van der Waals surface area contributed by atoms with E-state index in [1.807, 2.05) is 13.8 Å². The third kappa shape index (κ3) is 2.43. The smallest absolute Gasteiger partial charge is 0.236 e. The second-order valence-corrected chi connectivity index (χ2v) is 4.82. The van der Waals surface area contributed by atoms with Crippen LogP contribution in [0.15, 0.2) is 5.16 Å². The van der Waals surface area contributed by atoms with Crippen molar-refractivity contribution in [3.8, 4) is 0 Å². The van der Waals surface area contributed by atoms with Crippen molar-refractivity contribution in [2.24, 2.45) is 16.3 Å². The molecule has 1 fully saturated rings. The maximum absolute atomic E-state index is 12.6.